The Bertz CT molecular complexity index is 471. The molecule has 2 N–H and O–H groups in total. The molecule has 0 aliphatic heterocycles. The van der Waals surface area contributed by atoms with Crippen molar-refractivity contribution in [1.29, 1.82) is 0 Å². The number of rotatable bonds is 5. The largest absolute Gasteiger partial charge is 0.480 e. The maximum atomic E-state index is 12.1. The first-order valence-corrected chi connectivity index (χ1v) is 7.98. The molecule has 1 aliphatic rings. The molecule has 0 aromatic heterocycles. The van der Waals surface area contributed by atoms with Gasteiger partial charge in [0.1, 0.15) is 5.54 Å². The molecule has 3 unspecified atom stereocenters. The number of carboxylic acid groups (broad SMARTS) is 1. The Morgan fingerprint density at radius 1 is 1.33 bits per heavy atom. The van der Waals surface area contributed by atoms with Crippen LogP contribution in [0.5, 0.6) is 0 Å². The van der Waals surface area contributed by atoms with E-state index in [4.69, 9.17) is 0 Å². The van der Waals surface area contributed by atoms with Gasteiger partial charge in [-0.05, 0) is 36.2 Å². The van der Waals surface area contributed by atoms with E-state index in [0.717, 1.165) is 24.8 Å². The first-order valence-electron chi connectivity index (χ1n) is 7.98. The number of carbonyl (C=O) groups is 1. The lowest BCUT2D eigenvalue weighted by atomic mass is 9.65. The zero-order valence-corrected chi connectivity index (χ0v) is 13.3. The van der Waals surface area contributed by atoms with E-state index >= 15 is 0 Å². The van der Waals surface area contributed by atoms with Crippen molar-refractivity contribution in [2.45, 2.75) is 52.1 Å². The molecule has 21 heavy (non-hydrogen) atoms. The minimum Gasteiger partial charge on any atom is -0.480 e. The predicted octanol–water partition coefficient (Wildman–Crippen LogP) is 3.69. The van der Waals surface area contributed by atoms with Gasteiger partial charge in [0.25, 0.3) is 0 Å². The third-order valence-corrected chi connectivity index (χ3v) is 4.91. The molecule has 116 valence electrons. The molecule has 0 saturated heterocycles. The molecule has 2 rings (SSSR count). The highest BCUT2D eigenvalue weighted by atomic mass is 16.4. The Morgan fingerprint density at radius 2 is 2.00 bits per heavy atom. The van der Waals surface area contributed by atoms with Gasteiger partial charge < -0.3 is 5.11 Å². The fraction of sp³-hybridized carbons (Fsp3) is 0.611. The van der Waals surface area contributed by atoms with Gasteiger partial charge in [0, 0.05) is 6.54 Å². The molecule has 0 heterocycles. The average molecular weight is 289 g/mol. The van der Waals surface area contributed by atoms with E-state index in [9.17, 15) is 9.90 Å². The van der Waals surface area contributed by atoms with Crippen molar-refractivity contribution in [3.63, 3.8) is 0 Å². The maximum absolute atomic E-state index is 12.1. The normalized spacial score (nSPS) is 29.5. The summed E-state index contributed by atoms with van der Waals surface area (Å²) < 4.78 is 0. The number of hydrogen-bond donors (Lipinski definition) is 2. The van der Waals surface area contributed by atoms with Gasteiger partial charge in [0.2, 0.25) is 0 Å². The fourth-order valence-electron chi connectivity index (χ4n) is 3.80. The van der Waals surface area contributed by atoms with Crippen LogP contribution in [0.3, 0.4) is 0 Å². The predicted molar refractivity (Wildman–Crippen MR) is 85.0 cm³/mol. The summed E-state index contributed by atoms with van der Waals surface area (Å²) in [6, 6.07) is 10.1. The minimum atomic E-state index is -0.790. The molecular weight excluding hydrogens is 262 g/mol. The van der Waals surface area contributed by atoms with Crippen LogP contribution in [0.15, 0.2) is 30.3 Å². The van der Waals surface area contributed by atoms with E-state index < -0.39 is 11.5 Å². The second kappa shape index (κ2) is 6.61. The lowest BCUT2D eigenvalue weighted by Gasteiger charge is -2.46. The van der Waals surface area contributed by atoms with Gasteiger partial charge in [-0.25, -0.2) is 0 Å². The summed E-state index contributed by atoms with van der Waals surface area (Å²) in [5.74, 6) is 0.329. The zero-order chi connectivity index (χ0) is 15.5. The number of benzene rings is 1. The zero-order valence-electron chi connectivity index (χ0n) is 13.3. The Morgan fingerprint density at radius 3 is 2.57 bits per heavy atom. The van der Waals surface area contributed by atoms with Crippen LogP contribution < -0.4 is 5.32 Å². The van der Waals surface area contributed by atoms with Crippen molar-refractivity contribution < 1.29 is 9.90 Å². The number of nitrogens with one attached hydrogen (secondary N) is 1. The molecule has 0 bridgehead atoms. The van der Waals surface area contributed by atoms with Crippen LogP contribution in [-0.2, 0) is 11.3 Å². The molecule has 3 atom stereocenters. The van der Waals surface area contributed by atoms with Crippen molar-refractivity contribution >= 4 is 5.97 Å². The SMILES string of the molecule is CC1CCC(C(C)C)C(NCc2ccccc2)(C(=O)O)C1. The summed E-state index contributed by atoms with van der Waals surface area (Å²) in [7, 11) is 0. The second-order valence-corrected chi connectivity index (χ2v) is 6.85. The van der Waals surface area contributed by atoms with E-state index in [1.165, 1.54) is 0 Å². The van der Waals surface area contributed by atoms with Crippen molar-refractivity contribution in [2.24, 2.45) is 17.8 Å². The van der Waals surface area contributed by atoms with Crippen LogP contribution in [-0.4, -0.2) is 16.6 Å². The Labute approximate surface area is 127 Å². The lowest BCUT2D eigenvalue weighted by Crippen LogP contribution is -2.61. The van der Waals surface area contributed by atoms with E-state index in [1.807, 2.05) is 30.3 Å². The van der Waals surface area contributed by atoms with Crippen LogP contribution >= 0.6 is 0 Å². The third kappa shape index (κ3) is 3.46. The highest BCUT2D eigenvalue weighted by Crippen LogP contribution is 2.41. The summed E-state index contributed by atoms with van der Waals surface area (Å²) in [6.07, 6.45) is 2.84. The molecule has 3 heteroatoms. The van der Waals surface area contributed by atoms with Gasteiger partial charge >= 0.3 is 5.97 Å². The quantitative estimate of drug-likeness (QED) is 0.869. The van der Waals surface area contributed by atoms with E-state index in [2.05, 4.69) is 26.1 Å². The van der Waals surface area contributed by atoms with E-state index in [-0.39, 0.29) is 5.92 Å². The highest BCUT2D eigenvalue weighted by molar-refractivity contribution is 5.79. The third-order valence-electron chi connectivity index (χ3n) is 4.91. The smallest absolute Gasteiger partial charge is 0.324 e. The topological polar surface area (TPSA) is 49.3 Å². The van der Waals surface area contributed by atoms with Crippen LogP contribution in [0.2, 0.25) is 0 Å². The molecular formula is C18H27NO2. The number of carboxylic acids is 1. The summed E-state index contributed by atoms with van der Waals surface area (Å²) in [5.41, 5.74) is 0.348. The Kier molecular flexibility index (Phi) is 5.04. The van der Waals surface area contributed by atoms with Crippen LogP contribution in [0.1, 0.15) is 45.6 Å². The van der Waals surface area contributed by atoms with Gasteiger partial charge in [-0.15, -0.1) is 0 Å². The summed E-state index contributed by atoms with van der Waals surface area (Å²) in [5, 5.41) is 13.4. The van der Waals surface area contributed by atoms with Gasteiger partial charge in [-0.2, -0.15) is 0 Å². The highest BCUT2D eigenvalue weighted by Gasteiger charge is 2.49. The first kappa shape index (κ1) is 16.0. The Balaban J connectivity index is 2.22. The second-order valence-electron chi connectivity index (χ2n) is 6.85. The van der Waals surface area contributed by atoms with Crippen molar-refractivity contribution in [3.8, 4) is 0 Å². The Hall–Kier alpha value is -1.35. The van der Waals surface area contributed by atoms with Crippen molar-refractivity contribution in [2.75, 3.05) is 0 Å². The fourth-order valence-corrected chi connectivity index (χ4v) is 3.80. The van der Waals surface area contributed by atoms with Crippen molar-refractivity contribution in [3.05, 3.63) is 35.9 Å². The van der Waals surface area contributed by atoms with Crippen molar-refractivity contribution in [1.82, 2.24) is 5.32 Å². The summed E-state index contributed by atoms with van der Waals surface area (Å²) in [4.78, 5) is 12.1. The van der Waals surface area contributed by atoms with Gasteiger partial charge in [0.05, 0.1) is 0 Å². The molecule has 3 nitrogen and oxygen atoms in total. The first-order chi connectivity index (χ1) is 9.95. The maximum Gasteiger partial charge on any atom is 0.324 e. The molecule has 0 radical (unpaired) electrons. The summed E-state index contributed by atoms with van der Waals surface area (Å²) in [6.45, 7) is 7.06. The molecule has 1 aliphatic carbocycles. The summed E-state index contributed by atoms with van der Waals surface area (Å²) >= 11 is 0. The molecule has 1 aromatic carbocycles. The van der Waals surface area contributed by atoms with Gasteiger partial charge in [0.15, 0.2) is 0 Å². The monoisotopic (exact) mass is 289 g/mol. The molecule has 0 amide bonds. The van der Waals surface area contributed by atoms with Crippen LogP contribution in [0.4, 0.5) is 0 Å². The van der Waals surface area contributed by atoms with E-state index in [0.29, 0.717) is 18.4 Å². The van der Waals surface area contributed by atoms with Crippen LogP contribution in [0, 0.1) is 17.8 Å². The number of aliphatic carboxylic acids is 1. The van der Waals surface area contributed by atoms with Gasteiger partial charge in [-0.1, -0.05) is 57.5 Å². The standard InChI is InChI=1S/C18H27NO2/c1-13(2)16-10-9-14(3)11-18(16,17(20)21)19-12-15-7-5-4-6-8-15/h4-8,13-14,16,19H,9-12H2,1-3H3,(H,20,21). The molecule has 1 fully saturated rings. The molecule has 1 aromatic rings. The van der Waals surface area contributed by atoms with Crippen LogP contribution in [0.25, 0.3) is 0 Å². The molecule has 0 spiro atoms. The molecule has 1 saturated carbocycles. The number of hydrogen-bond acceptors (Lipinski definition) is 2. The average Bonchev–Trinajstić information content (AvgIpc) is 2.45. The van der Waals surface area contributed by atoms with E-state index in [1.54, 1.807) is 0 Å². The minimum absolute atomic E-state index is 0.190. The van der Waals surface area contributed by atoms with Gasteiger partial charge in [-0.3, -0.25) is 10.1 Å². The lowest BCUT2D eigenvalue weighted by molar-refractivity contribution is -0.151.